The summed E-state index contributed by atoms with van der Waals surface area (Å²) in [6, 6.07) is 5.36. The Bertz CT molecular complexity index is 387. The zero-order valence-corrected chi connectivity index (χ0v) is 10.5. The summed E-state index contributed by atoms with van der Waals surface area (Å²) in [5.74, 6) is -1.51. The van der Waals surface area contributed by atoms with Gasteiger partial charge in [0, 0.05) is 0 Å². The molecule has 0 atom stereocenters. The Morgan fingerprint density at radius 1 is 0.800 bits per heavy atom. The van der Waals surface area contributed by atoms with Gasteiger partial charge in [0.25, 0.3) is 0 Å². The van der Waals surface area contributed by atoms with Gasteiger partial charge in [-0.3, -0.25) is 9.78 Å². The predicted octanol–water partition coefficient (Wildman–Crippen LogP) is -0.152. The normalized spacial score (nSPS) is 10.1. The Morgan fingerprint density at radius 2 is 1.15 bits per heavy atom. The highest BCUT2D eigenvalue weighted by Crippen LogP contribution is 2.08. The number of hydrogen-bond acceptors (Lipinski definition) is 8. The average molecular weight is 286 g/mol. The van der Waals surface area contributed by atoms with Crippen molar-refractivity contribution in [1.82, 2.24) is 0 Å². The van der Waals surface area contributed by atoms with Gasteiger partial charge in [0.2, 0.25) is 0 Å². The van der Waals surface area contributed by atoms with Gasteiger partial charge in [0.1, 0.15) is 13.2 Å². The van der Waals surface area contributed by atoms with E-state index in [1.54, 1.807) is 0 Å². The van der Waals surface area contributed by atoms with Gasteiger partial charge >= 0.3 is 11.9 Å². The first kappa shape index (κ1) is 16.1. The third-order valence-corrected chi connectivity index (χ3v) is 1.97. The molecule has 0 radical (unpaired) electrons. The lowest BCUT2D eigenvalue weighted by Gasteiger charge is -2.04. The highest BCUT2D eigenvalue weighted by atomic mass is 17.2. The van der Waals surface area contributed by atoms with Gasteiger partial charge in [-0.2, -0.15) is 9.78 Å². The second kappa shape index (κ2) is 8.99. The van der Waals surface area contributed by atoms with Crippen LogP contribution in [-0.2, 0) is 19.6 Å². The van der Waals surface area contributed by atoms with Crippen molar-refractivity contribution in [2.24, 2.45) is 0 Å². The molecule has 8 heteroatoms. The van der Waals surface area contributed by atoms with E-state index in [1.165, 1.54) is 24.3 Å². The van der Waals surface area contributed by atoms with Gasteiger partial charge in [0.15, 0.2) is 0 Å². The van der Waals surface area contributed by atoms with Crippen molar-refractivity contribution < 1.29 is 39.4 Å². The minimum atomic E-state index is -0.755. The van der Waals surface area contributed by atoms with E-state index in [9.17, 15) is 9.59 Å². The van der Waals surface area contributed by atoms with Crippen molar-refractivity contribution in [3.63, 3.8) is 0 Å². The quantitative estimate of drug-likeness (QED) is 0.385. The lowest BCUT2D eigenvalue weighted by molar-refractivity contribution is -0.245. The second-order valence-corrected chi connectivity index (χ2v) is 3.41. The topological polar surface area (TPSA) is 112 Å². The van der Waals surface area contributed by atoms with E-state index in [0.29, 0.717) is 0 Å². The molecule has 110 valence electrons. The monoisotopic (exact) mass is 286 g/mol. The maximum Gasteiger partial charge on any atom is 0.373 e. The highest BCUT2D eigenvalue weighted by Gasteiger charge is 2.12. The van der Waals surface area contributed by atoms with Crippen LogP contribution in [0.3, 0.4) is 0 Å². The first-order chi connectivity index (χ1) is 9.69. The van der Waals surface area contributed by atoms with Crippen LogP contribution in [0.4, 0.5) is 0 Å². The SMILES string of the molecule is O=C(OOCCO)c1ccc(C(=O)OOCCO)cc1. The van der Waals surface area contributed by atoms with Crippen LogP contribution in [0.15, 0.2) is 24.3 Å². The van der Waals surface area contributed by atoms with Crippen LogP contribution in [0.5, 0.6) is 0 Å². The van der Waals surface area contributed by atoms with E-state index < -0.39 is 11.9 Å². The molecule has 1 aromatic carbocycles. The third kappa shape index (κ3) is 5.33. The summed E-state index contributed by atoms with van der Waals surface area (Å²) in [5, 5.41) is 16.9. The summed E-state index contributed by atoms with van der Waals surface area (Å²) in [6.07, 6.45) is 0. The molecule has 0 aliphatic carbocycles. The summed E-state index contributed by atoms with van der Waals surface area (Å²) in [7, 11) is 0. The van der Waals surface area contributed by atoms with Crippen LogP contribution in [0.1, 0.15) is 20.7 Å². The van der Waals surface area contributed by atoms with Gasteiger partial charge in [-0.25, -0.2) is 9.59 Å². The molecule has 1 aromatic rings. The molecular formula is C12H14O8. The van der Waals surface area contributed by atoms with Gasteiger partial charge in [-0.1, -0.05) is 0 Å². The fraction of sp³-hybridized carbons (Fsp3) is 0.333. The molecule has 1 rings (SSSR count). The van der Waals surface area contributed by atoms with Crippen molar-refractivity contribution in [3.8, 4) is 0 Å². The van der Waals surface area contributed by atoms with Gasteiger partial charge in [0.05, 0.1) is 24.3 Å². The number of aliphatic hydroxyl groups excluding tert-OH is 2. The molecule has 0 unspecified atom stereocenters. The minimum absolute atomic E-state index is 0.127. The minimum Gasteiger partial charge on any atom is -0.394 e. The second-order valence-electron chi connectivity index (χ2n) is 3.41. The zero-order chi connectivity index (χ0) is 14.8. The molecule has 0 heterocycles. The molecule has 0 spiro atoms. The molecule has 0 aliphatic heterocycles. The largest absolute Gasteiger partial charge is 0.394 e. The van der Waals surface area contributed by atoms with Crippen LogP contribution in [-0.4, -0.2) is 48.6 Å². The van der Waals surface area contributed by atoms with Crippen LogP contribution in [0.25, 0.3) is 0 Å². The molecule has 0 amide bonds. The van der Waals surface area contributed by atoms with Crippen molar-refractivity contribution in [1.29, 1.82) is 0 Å². The molecule has 0 aliphatic rings. The maximum absolute atomic E-state index is 11.4. The van der Waals surface area contributed by atoms with Gasteiger partial charge in [-0.05, 0) is 24.3 Å². The van der Waals surface area contributed by atoms with Crippen LogP contribution in [0.2, 0.25) is 0 Å². The summed E-state index contributed by atoms with van der Waals surface area (Å²) >= 11 is 0. The van der Waals surface area contributed by atoms with E-state index in [1.807, 2.05) is 0 Å². The Kier molecular flexibility index (Phi) is 7.22. The zero-order valence-electron chi connectivity index (χ0n) is 10.5. The van der Waals surface area contributed by atoms with E-state index in [-0.39, 0.29) is 37.6 Å². The van der Waals surface area contributed by atoms with E-state index >= 15 is 0 Å². The van der Waals surface area contributed by atoms with Gasteiger partial charge < -0.3 is 10.2 Å². The fourth-order valence-electron chi connectivity index (χ4n) is 1.10. The first-order valence-electron chi connectivity index (χ1n) is 5.68. The predicted molar refractivity (Wildman–Crippen MR) is 63.3 cm³/mol. The van der Waals surface area contributed by atoms with Gasteiger partial charge in [-0.15, -0.1) is 0 Å². The van der Waals surface area contributed by atoms with E-state index in [2.05, 4.69) is 19.6 Å². The lowest BCUT2D eigenvalue weighted by Crippen LogP contribution is -2.10. The molecule has 2 N–H and O–H groups in total. The Morgan fingerprint density at radius 3 is 1.45 bits per heavy atom. The number of aliphatic hydroxyl groups is 2. The lowest BCUT2D eigenvalue weighted by atomic mass is 10.1. The van der Waals surface area contributed by atoms with E-state index in [4.69, 9.17) is 10.2 Å². The highest BCUT2D eigenvalue weighted by molar-refractivity contribution is 5.92. The summed E-state index contributed by atoms with van der Waals surface area (Å²) in [5.41, 5.74) is 0.325. The number of carbonyl (C=O) groups excluding carboxylic acids is 2. The number of rotatable bonds is 8. The van der Waals surface area contributed by atoms with Crippen molar-refractivity contribution in [2.75, 3.05) is 26.4 Å². The Hall–Kier alpha value is -2.00. The summed E-state index contributed by atoms with van der Waals surface area (Å²) in [4.78, 5) is 40.4. The third-order valence-electron chi connectivity index (χ3n) is 1.97. The van der Waals surface area contributed by atoms with Crippen LogP contribution >= 0.6 is 0 Å². The van der Waals surface area contributed by atoms with Crippen molar-refractivity contribution >= 4 is 11.9 Å². The first-order valence-corrected chi connectivity index (χ1v) is 5.68. The van der Waals surface area contributed by atoms with Crippen LogP contribution in [0, 0.1) is 0 Å². The molecule has 0 saturated carbocycles. The molecule has 0 fully saturated rings. The number of benzene rings is 1. The molecule has 0 bridgehead atoms. The molecule has 0 saturated heterocycles. The summed E-state index contributed by atoms with van der Waals surface area (Å²) < 4.78 is 0. The molecule has 20 heavy (non-hydrogen) atoms. The number of carbonyl (C=O) groups is 2. The number of hydrogen-bond donors (Lipinski definition) is 2. The maximum atomic E-state index is 11.4. The smallest absolute Gasteiger partial charge is 0.373 e. The van der Waals surface area contributed by atoms with Crippen molar-refractivity contribution in [3.05, 3.63) is 35.4 Å². The molecule has 0 aromatic heterocycles. The Labute approximate surface area is 114 Å². The standard InChI is InChI=1S/C12H14O8/c13-5-7-17-19-11(15)9-1-2-10(4-3-9)12(16)20-18-8-6-14/h1-4,13-14H,5-8H2. The Balaban J connectivity index is 2.50. The average Bonchev–Trinajstić information content (AvgIpc) is 2.47. The van der Waals surface area contributed by atoms with Crippen molar-refractivity contribution in [2.45, 2.75) is 0 Å². The summed E-state index contributed by atoms with van der Waals surface area (Å²) in [6.45, 7) is -0.797. The molecular weight excluding hydrogens is 272 g/mol. The van der Waals surface area contributed by atoms with E-state index in [0.717, 1.165) is 0 Å². The molecule has 8 nitrogen and oxygen atoms in total. The van der Waals surface area contributed by atoms with Crippen LogP contribution < -0.4 is 0 Å². The fourth-order valence-corrected chi connectivity index (χ4v) is 1.10.